The van der Waals surface area contributed by atoms with E-state index in [2.05, 4.69) is 36.5 Å². The molecular formula is C13H22N2S. The second-order valence-corrected chi connectivity index (χ2v) is 6.56. The number of hydrogen-bond acceptors (Lipinski definition) is 3. The van der Waals surface area contributed by atoms with Gasteiger partial charge in [-0.2, -0.15) is 0 Å². The monoisotopic (exact) mass is 238 g/mol. The molecule has 0 radical (unpaired) electrons. The van der Waals surface area contributed by atoms with Crippen molar-refractivity contribution in [2.45, 2.75) is 46.1 Å². The van der Waals surface area contributed by atoms with Crippen molar-refractivity contribution in [1.82, 2.24) is 10.3 Å². The van der Waals surface area contributed by atoms with Crippen LogP contribution in [0.4, 0.5) is 0 Å². The van der Waals surface area contributed by atoms with Gasteiger partial charge < -0.3 is 5.32 Å². The van der Waals surface area contributed by atoms with Gasteiger partial charge in [0, 0.05) is 24.4 Å². The van der Waals surface area contributed by atoms with Crippen molar-refractivity contribution >= 4 is 11.3 Å². The lowest BCUT2D eigenvalue weighted by Crippen LogP contribution is -2.33. The normalized spacial score (nSPS) is 28.4. The van der Waals surface area contributed by atoms with E-state index < -0.39 is 0 Å². The summed E-state index contributed by atoms with van der Waals surface area (Å²) in [4.78, 5) is 4.31. The molecule has 90 valence electrons. The van der Waals surface area contributed by atoms with Crippen LogP contribution in [0.5, 0.6) is 0 Å². The van der Waals surface area contributed by atoms with Gasteiger partial charge in [0.2, 0.25) is 0 Å². The maximum Gasteiger partial charge on any atom is 0.0794 e. The molecule has 0 bridgehead atoms. The molecule has 2 nitrogen and oxygen atoms in total. The number of nitrogens with one attached hydrogen (secondary N) is 1. The summed E-state index contributed by atoms with van der Waals surface area (Å²) >= 11 is 1.68. The van der Waals surface area contributed by atoms with Crippen LogP contribution in [0.3, 0.4) is 0 Å². The molecule has 1 N–H and O–H groups in total. The Labute approximate surface area is 102 Å². The lowest BCUT2D eigenvalue weighted by molar-refractivity contribution is 0.362. The van der Waals surface area contributed by atoms with Crippen LogP contribution in [0.2, 0.25) is 0 Å². The first-order chi connectivity index (χ1) is 7.57. The first-order valence-electron chi connectivity index (χ1n) is 6.17. The molecule has 3 heteroatoms. The minimum Gasteiger partial charge on any atom is -0.313 e. The molecule has 16 heavy (non-hydrogen) atoms. The third kappa shape index (κ3) is 3.05. The highest BCUT2D eigenvalue weighted by molar-refractivity contribution is 7.07. The Morgan fingerprint density at radius 3 is 2.88 bits per heavy atom. The fraction of sp³-hybridized carbons (Fsp3) is 0.769. The van der Waals surface area contributed by atoms with E-state index in [0.717, 1.165) is 18.9 Å². The summed E-state index contributed by atoms with van der Waals surface area (Å²) in [6.45, 7) is 8.20. The van der Waals surface area contributed by atoms with Crippen molar-refractivity contribution in [3.8, 4) is 0 Å². The number of aromatic nitrogens is 1. The van der Waals surface area contributed by atoms with Crippen LogP contribution in [-0.4, -0.2) is 17.6 Å². The standard InChI is InChI=1S/C13H22N2S/c1-10-6-13(2,3)7-12(10)14-5-4-11-8-16-9-15-11/h8-10,12,14H,4-7H2,1-3H3/t10-,12-/m1/s1. The molecule has 1 saturated carbocycles. The van der Waals surface area contributed by atoms with Crippen molar-refractivity contribution in [3.63, 3.8) is 0 Å². The average molecular weight is 238 g/mol. The molecule has 2 rings (SSSR count). The molecule has 1 heterocycles. The Morgan fingerprint density at radius 2 is 2.31 bits per heavy atom. The molecule has 0 aliphatic heterocycles. The fourth-order valence-electron chi connectivity index (χ4n) is 2.91. The maximum atomic E-state index is 4.31. The van der Waals surface area contributed by atoms with E-state index in [0.29, 0.717) is 11.5 Å². The largest absolute Gasteiger partial charge is 0.313 e. The lowest BCUT2D eigenvalue weighted by Gasteiger charge is -2.18. The van der Waals surface area contributed by atoms with E-state index in [9.17, 15) is 0 Å². The average Bonchev–Trinajstić information content (AvgIpc) is 2.75. The third-order valence-corrected chi connectivity index (χ3v) is 4.24. The SMILES string of the molecule is C[C@@H]1CC(C)(C)C[C@H]1NCCc1cscn1. The van der Waals surface area contributed by atoms with Crippen molar-refractivity contribution < 1.29 is 0 Å². The van der Waals surface area contributed by atoms with E-state index >= 15 is 0 Å². The van der Waals surface area contributed by atoms with Gasteiger partial charge in [-0.05, 0) is 24.2 Å². The molecule has 0 amide bonds. The van der Waals surface area contributed by atoms with Crippen LogP contribution in [0.1, 0.15) is 39.3 Å². The highest BCUT2D eigenvalue weighted by atomic mass is 32.1. The van der Waals surface area contributed by atoms with Gasteiger partial charge in [-0.25, -0.2) is 4.98 Å². The number of hydrogen-bond donors (Lipinski definition) is 1. The minimum absolute atomic E-state index is 0.526. The molecule has 0 saturated heterocycles. The highest BCUT2D eigenvalue weighted by Gasteiger charge is 2.35. The zero-order valence-electron chi connectivity index (χ0n) is 10.5. The van der Waals surface area contributed by atoms with Gasteiger partial charge in [-0.1, -0.05) is 20.8 Å². The Morgan fingerprint density at radius 1 is 1.50 bits per heavy atom. The Balaban J connectivity index is 1.74. The topological polar surface area (TPSA) is 24.9 Å². The molecule has 1 aliphatic carbocycles. The van der Waals surface area contributed by atoms with Gasteiger partial charge in [0.25, 0.3) is 0 Å². The summed E-state index contributed by atoms with van der Waals surface area (Å²) in [5.74, 6) is 0.811. The Bertz CT molecular complexity index is 319. The van der Waals surface area contributed by atoms with Crippen molar-refractivity contribution in [2.75, 3.05) is 6.54 Å². The second kappa shape index (κ2) is 4.84. The number of thiazole rings is 1. The summed E-state index contributed by atoms with van der Waals surface area (Å²) < 4.78 is 0. The first-order valence-corrected chi connectivity index (χ1v) is 7.11. The first kappa shape index (κ1) is 12.1. The van der Waals surface area contributed by atoms with Crippen molar-refractivity contribution in [3.05, 3.63) is 16.6 Å². The summed E-state index contributed by atoms with van der Waals surface area (Å²) in [7, 11) is 0. The molecule has 1 aliphatic rings. The minimum atomic E-state index is 0.526. The van der Waals surface area contributed by atoms with Crippen LogP contribution >= 0.6 is 11.3 Å². The second-order valence-electron chi connectivity index (χ2n) is 5.84. The zero-order valence-corrected chi connectivity index (χ0v) is 11.3. The van der Waals surface area contributed by atoms with Crippen LogP contribution in [-0.2, 0) is 6.42 Å². The molecule has 0 unspecified atom stereocenters. The molecule has 0 spiro atoms. The fourth-order valence-corrected chi connectivity index (χ4v) is 3.51. The van der Waals surface area contributed by atoms with E-state index in [1.807, 2.05) is 5.51 Å². The predicted molar refractivity (Wildman–Crippen MR) is 69.8 cm³/mol. The van der Waals surface area contributed by atoms with Gasteiger partial charge in [0.15, 0.2) is 0 Å². The Kier molecular flexibility index (Phi) is 3.65. The molecule has 1 aromatic heterocycles. The molecular weight excluding hydrogens is 216 g/mol. The van der Waals surface area contributed by atoms with Crippen molar-refractivity contribution in [2.24, 2.45) is 11.3 Å². The molecule has 2 atom stereocenters. The quantitative estimate of drug-likeness (QED) is 0.872. The smallest absolute Gasteiger partial charge is 0.0794 e. The van der Waals surface area contributed by atoms with Crippen LogP contribution in [0.25, 0.3) is 0 Å². The molecule has 1 aromatic rings. The van der Waals surface area contributed by atoms with Crippen molar-refractivity contribution in [1.29, 1.82) is 0 Å². The zero-order chi connectivity index (χ0) is 11.6. The number of rotatable bonds is 4. The maximum absolute atomic E-state index is 4.31. The van der Waals surface area contributed by atoms with Gasteiger partial charge in [0.05, 0.1) is 11.2 Å². The van der Waals surface area contributed by atoms with Gasteiger partial charge in [0.1, 0.15) is 0 Å². The highest BCUT2D eigenvalue weighted by Crippen LogP contribution is 2.40. The van der Waals surface area contributed by atoms with Crippen LogP contribution in [0, 0.1) is 11.3 Å². The summed E-state index contributed by atoms with van der Waals surface area (Å²) in [5.41, 5.74) is 3.66. The summed E-state index contributed by atoms with van der Waals surface area (Å²) in [6.07, 6.45) is 3.72. The third-order valence-electron chi connectivity index (χ3n) is 3.61. The Hall–Kier alpha value is -0.410. The molecule has 0 aromatic carbocycles. The van der Waals surface area contributed by atoms with E-state index in [-0.39, 0.29) is 0 Å². The predicted octanol–water partition coefficient (Wildman–Crippen LogP) is 3.10. The van der Waals surface area contributed by atoms with Crippen LogP contribution < -0.4 is 5.32 Å². The van der Waals surface area contributed by atoms with Gasteiger partial charge >= 0.3 is 0 Å². The summed E-state index contributed by atoms with van der Waals surface area (Å²) in [5, 5.41) is 5.83. The van der Waals surface area contributed by atoms with Gasteiger partial charge in [-0.15, -0.1) is 11.3 Å². The van der Waals surface area contributed by atoms with E-state index in [1.165, 1.54) is 18.5 Å². The molecule has 1 fully saturated rings. The summed E-state index contributed by atoms with van der Waals surface area (Å²) in [6, 6.07) is 0.702. The van der Waals surface area contributed by atoms with Gasteiger partial charge in [-0.3, -0.25) is 0 Å². The number of nitrogens with zero attached hydrogens (tertiary/aromatic N) is 1. The van der Waals surface area contributed by atoms with Crippen LogP contribution in [0.15, 0.2) is 10.9 Å². The van der Waals surface area contributed by atoms with E-state index in [4.69, 9.17) is 0 Å². The lowest BCUT2D eigenvalue weighted by atomic mass is 9.91. The van der Waals surface area contributed by atoms with E-state index in [1.54, 1.807) is 11.3 Å².